The van der Waals surface area contributed by atoms with E-state index >= 15 is 0 Å². The van der Waals surface area contributed by atoms with Crippen LogP contribution in [0.3, 0.4) is 0 Å². The molecule has 188 valence electrons. The van der Waals surface area contributed by atoms with Crippen molar-refractivity contribution in [3.05, 3.63) is 53.6 Å². The second-order valence-corrected chi connectivity index (χ2v) is 10.5. The zero-order valence-corrected chi connectivity index (χ0v) is 20.8. The molecule has 0 aromatic heterocycles. The minimum absolute atomic E-state index is 0.00908. The molecule has 1 fully saturated rings. The van der Waals surface area contributed by atoms with Gasteiger partial charge in [0.2, 0.25) is 6.41 Å². The van der Waals surface area contributed by atoms with Crippen molar-refractivity contribution in [2.45, 2.75) is 61.3 Å². The first-order valence-corrected chi connectivity index (χ1v) is 12.4. The first kappa shape index (κ1) is 28.3. The number of carbonyl (C=O) groups is 2. The summed E-state index contributed by atoms with van der Waals surface area (Å²) in [6.45, 7) is 7.44. The number of nitrogens with one attached hydrogen (secondary N) is 1. The highest BCUT2D eigenvalue weighted by Gasteiger charge is 2.43. The van der Waals surface area contributed by atoms with Crippen molar-refractivity contribution >= 4 is 35.7 Å². The second kappa shape index (κ2) is 12.7. The zero-order chi connectivity index (χ0) is 25.4. The summed E-state index contributed by atoms with van der Waals surface area (Å²) >= 11 is 7.88. The maximum atomic E-state index is 13.6. The van der Waals surface area contributed by atoms with Gasteiger partial charge in [0.15, 0.2) is 0 Å². The summed E-state index contributed by atoms with van der Waals surface area (Å²) in [6, 6.07) is 5.20. The third-order valence-corrected chi connectivity index (χ3v) is 8.24. The molecule has 1 aromatic rings. The molecule has 1 aliphatic rings. The number of amides is 1. The average molecular weight is 518 g/mol. The van der Waals surface area contributed by atoms with Crippen LogP contribution in [0.4, 0.5) is 13.2 Å². The third-order valence-electron chi connectivity index (χ3n) is 6.59. The van der Waals surface area contributed by atoms with Crippen LogP contribution in [-0.4, -0.2) is 37.5 Å². The van der Waals surface area contributed by atoms with E-state index in [2.05, 4.69) is 18.5 Å². The van der Waals surface area contributed by atoms with E-state index in [1.165, 1.54) is 13.2 Å². The normalized spacial score (nSPS) is 21.4. The SMILES string of the molecule is C=CC(=C)C(CCC1(CCNC=O)CCC(Sc2ccc(C(=O)OC)c(Cl)c2)CC1)C(F)(F)F. The van der Waals surface area contributed by atoms with Crippen molar-refractivity contribution in [1.29, 1.82) is 0 Å². The molecule has 34 heavy (non-hydrogen) atoms. The lowest BCUT2D eigenvalue weighted by Crippen LogP contribution is -2.34. The van der Waals surface area contributed by atoms with E-state index in [1.54, 1.807) is 23.9 Å². The molecule has 1 atom stereocenters. The Balaban J connectivity index is 2.06. The lowest BCUT2D eigenvalue weighted by atomic mass is 9.67. The molecule has 9 heteroatoms. The summed E-state index contributed by atoms with van der Waals surface area (Å²) in [4.78, 5) is 23.4. The largest absolute Gasteiger partial charge is 0.465 e. The highest BCUT2D eigenvalue weighted by atomic mass is 35.5. The second-order valence-electron chi connectivity index (χ2n) is 8.68. The molecule has 0 radical (unpaired) electrons. The van der Waals surface area contributed by atoms with Gasteiger partial charge in [0.25, 0.3) is 0 Å². The van der Waals surface area contributed by atoms with Crippen molar-refractivity contribution in [3.8, 4) is 0 Å². The number of allylic oxidation sites excluding steroid dienone is 2. The number of ether oxygens (including phenoxy) is 1. The van der Waals surface area contributed by atoms with Gasteiger partial charge in [-0.1, -0.05) is 30.8 Å². The van der Waals surface area contributed by atoms with E-state index in [1.807, 2.05) is 6.07 Å². The summed E-state index contributed by atoms with van der Waals surface area (Å²) in [5.41, 5.74) is 0.0223. The number of methoxy groups -OCH3 is 1. The molecule has 1 unspecified atom stereocenters. The quantitative estimate of drug-likeness (QED) is 0.140. The van der Waals surface area contributed by atoms with Crippen LogP contribution in [0.25, 0.3) is 0 Å². The summed E-state index contributed by atoms with van der Waals surface area (Å²) in [5, 5.41) is 3.26. The Morgan fingerprint density at radius 2 is 2.03 bits per heavy atom. The molecule has 2 rings (SSSR count). The predicted octanol–water partition coefficient (Wildman–Crippen LogP) is 6.98. The zero-order valence-electron chi connectivity index (χ0n) is 19.3. The van der Waals surface area contributed by atoms with Crippen molar-refractivity contribution in [2.24, 2.45) is 11.3 Å². The van der Waals surface area contributed by atoms with E-state index in [0.717, 1.165) is 30.6 Å². The maximum absolute atomic E-state index is 13.6. The Morgan fingerprint density at radius 1 is 1.35 bits per heavy atom. The first-order chi connectivity index (χ1) is 16.0. The fourth-order valence-corrected chi connectivity index (χ4v) is 6.04. The Morgan fingerprint density at radius 3 is 2.56 bits per heavy atom. The number of rotatable bonds is 12. The van der Waals surface area contributed by atoms with Gasteiger partial charge in [0, 0.05) is 16.7 Å². The molecule has 1 amide bonds. The van der Waals surface area contributed by atoms with Crippen molar-refractivity contribution in [3.63, 3.8) is 0 Å². The Labute approximate surface area is 208 Å². The van der Waals surface area contributed by atoms with E-state index < -0.39 is 18.1 Å². The van der Waals surface area contributed by atoms with Crippen LogP contribution in [0.15, 0.2) is 47.9 Å². The van der Waals surface area contributed by atoms with Crippen molar-refractivity contribution < 1.29 is 27.5 Å². The first-order valence-electron chi connectivity index (χ1n) is 11.1. The smallest absolute Gasteiger partial charge is 0.395 e. The fraction of sp³-hybridized carbons (Fsp3) is 0.520. The summed E-state index contributed by atoms with van der Waals surface area (Å²) < 4.78 is 45.4. The topological polar surface area (TPSA) is 55.4 Å². The highest BCUT2D eigenvalue weighted by molar-refractivity contribution is 8.00. The predicted molar refractivity (Wildman–Crippen MR) is 130 cm³/mol. The lowest BCUT2D eigenvalue weighted by Gasteiger charge is -2.41. The Kier molecular flexibility index (Phi) is 10.6. The number of thioether (sulfide) groups is 1. The number of carbonyl (C=O) groups excluding carboxylic acids is 2. The van der Waals surface area contributed by atoms with Gasteiger partial charge in [-0.3, -0.25) is 4.79 Å². The van der Waals surface area contributed by atoms with E-state index in [0.29, 0.717) is 36.4 Å². The van der Waals surface area contributed by atoms with Crippen LogP contribution in [0, 0.1) is 11.3 Å². The van der Waals surface area contributed by atoms with E-state index in [9.17, 15) is 22.8 Å². The number of benzene rings is 1. The molecular formula is C25H31ClF3NO3S. The minimum Gasteiger partial charge on any atom is -0.465 e. The molecule has 1 aromatic carbocycles. The Hall–Kier alpha value is -1.93. The van der Waals surface area contributed by atoms with Gasteiger partial charge in [-0.2, -0.15) is 13.2 Å². The molecule has 0 saturated heterocycles. The van der Waals surface area contributed by atoms with Crippen molar-refractivity contribution in [1.82, 2.24) is 5.32 Å². The Bertz CT molecular complexity index is 883. The van der Waals surface area contributed by atoms with Crippen LogP contribution in [0.2, 0.25) is 5.02 Å². The standard InChI is InChI=1S/C25H31ClF3NO3S/c1-4-17(2)21(25(27,28)29)9-12-24(13-14-30-16-31)10-7-18(8-11-24)34-19-5-6-20(22(26)15-19)23(32)33-3/h4-6,15-16,18,21H,1-2,7-14H2,3H3,(H,30,31). The number of hydrogen-bond acceptors (Lipinski definition) is 4. The molecule has 0 heterocycles. The molecule has 1 aliphatic carbocycles. The van der Waals surface area contributed by atoms with Gasteiger partial charge < -0.3 is 10.1 Å². The maximum Gasteiger partial charge on any atom is 0.395 e. The van der Waals surface area contributed by atoms with Gasteiger partial charge in [-0.05, 0) is 74.1 Å². The summed E-state index contributed by atoms with van der Waals surface area (Å²) in [7, 11) is 1.30. The van der Waals surface area contributed by atoms with Gasteiger partial charge in [0.05, 0.1) is 23.6 Å². The summed E-state index contributed by atoms with van der Waals surface area (Å²) in [6.07, 6.45) is 1.64. The molecule has 0 aliphatic heterocycles. The molecule has 4 nitrogen and oxygen atoms in total. The van der Waals surface area contributed by atoms with Gasteiger partial charge in [-0.15, -0.1) is 11.8 Å². The minimum atomic E-state index is -4.36. The van der Waals surface area contributed by atoms with Gasteiger partial charge in [-0.25, -0.2) is 4.79 Å². The third kappa shape index (κ3) is 7.80. The molecule has 1 N–H and O–H groups in total. The van der Waals surface area contributed by atoms with Crippen LogP contribution in [-0.2, 0) is 9.53 Å². The molecular weight excluding hydrogens is 487 g/mol. The van der Waals surface area contributed by atoms with Crippen LogP contribution >= 0.6 is 23.4 Å². The number of alkyl halides is 3. The van der Waals surface area contributed by atoms with E-state index in [4.69, 9.17) is 16.3 Å². The van der Waals surface area contributed by atoms with Crippen molar-refractivity contribution in [2.75, 3.05) is 13.7 Å². The number of hydrogen-bond donors (Lipinski definition) is 1. The van der Waals surface area contributed by atoms with Crippen LogP contribution < -0.4 is 5.32 Å². The van der Waals surface area contributed by atoms with Gasteiger partial charge >= 0.3 is 12.1 Å². The highest BCUT2D eigenvalue weighted by Crippen LogP contribution is 2.49. The fourth-order valence-electron chi connectivity index (χ4n) is 4.53. The lowest BCUT2D eigenvalue weighted by molar-refractivity contribution is -0.166. The van der Waals surface area contributed by atoms with Crippen LogP contribution in [0.5, 0.6) is 0 Å². The molecule has 0 spiro atoms. The monoisotopic (exact) mass is 517 g/mol. The number of esters is 1. The average Bonchev–Trinajstić information content (AvgIpc) is 2.79. The number of halogens is 4. The van der Waals surface area contributed by atoms with E-state index in [-0.39, 0.29) is 22.7 Å². The molecule has 1 saturated carbocycles. The van der Waals surface area contributed by atoms with Gasteiger partial charge in [0.1, 0.15) is 0 Å². The molecule has 0 bridgehead atoms. The van der Waals surface area contributed by atoms with Crippen LogP contribution in [0.1, 0.15) is 55.3 Å². The summed E-state index contributed by atoms with van der Waals surface area (Å²) in [5.74, 6) is -2.10.